The minimum absolute atomic E-state index is 0.346. The van der Waals surface area contributed by atoms with E-state index in [4.69, 9.17) is 5.73 Å². The first kappa shape index (κ1) is 16.5. The number of likely N-dealkylation sites (N-methyl/N-ethyl adjacent to an activating group) is 1. The van der Waals surface area contributed by atoms with Crippen LogP contribution in [0.3, 0.4) is 0 Å². The van der Waals surface area contributed by atoms with Gasteiger partial charge in [-0.3, -0.25) is 0 Å². The molecule has 0 aromatic heterocycles. The predicted octanol–water partition coefficient (Wildman–Crippen LogP) is 3.56. The fourth-order valence-electron chi connectivity index (χ4n) is 3.70. The van der Waals surface area contributed by atoms with Crippen molar-refractivity contribution in [1.82, 2.24) is 4.90 Å². The molecule has 1 aliphatic rings. The maximum Gasteiger partial charge on any atom is 0.00698 e. The summed E-state index contributed by atoms with van der Waals surface area (Å²) in [7, 11) is 2.26. The van der Waals surface area contributed by atoms with E-state index in [0.717, 1.165) is 18.9 Å². The van der Waals surface area contributed by atoms with Gasteiger partial charge in [0.25, 0.3) is 0 Å². The molecule has 3 unspecified atom stereocenters. The van der Waals surface area contributed by atoms with Crippen molar-refractivity contribution >= 4 is 0 Å². The van der Waals surface area contributed by atoms with Gasteiger partial charge in [-0.1, -0.05) is 51.1 Å². The summed E-state index contributed by atoms with van der Waals surface area (Å²) in [5.41, 5.74) is 8.05. The SMILES string of the molecule is CC1C(N)CCC(CN(C)CCc2ccccc2)C1(C)C. The monoisotopic (exact) mass is 288 g/mol. The van der Waals surface area contributed by atoms with Crippen molar-refractivity contribution in [3.05, 3.63) is 35.9 Å². The van der Waals surface area contributed by atoms with Crippen LogP contribution in [0.15, 0.2) is 30.3 Å². The lowest BCUT2D eigenvalue weighted by atomic mass is 9.61. The number of benzene rings is 1. The molecular weight excluding hydrogens is 256 g/mol. The Hall–Kier alpha value is -0.860. The molecule has 2 nitrogen and oxygen atoms in total. The Bertz CT molecular complexity index is 426. The average Bonchev–Trinajstić information content (AvgIpc) is 2.47. The van der Waals surface area contributed by atoms with E-state index in [0.29, 0.717) is 17.4 Å². The summed E-state index contributed by atoms with van der Waals surface area (Å²) in [5.74, 6) is 1.37. The van der Waals surface area contributed by atoms with E-state index in [1.807, 2.05) is 0 Å². The van der Waals surface area contributed by atoms with E-state index in [2.05, 4.69) is 63.1 Å². The van der Waals surface area contributed by atoms with Gasteiger partial charge >= 0.3 is 0 Å². The highest BCUT2D eigenvalue weighted by molar-refractivity contribution is 5.14. The van der Waals surface area contributed by atoms with Gasteiger partial charge in [0.1, 0.15) is 0 Å². The Labute approximate surface area is 130 Å². The lowest BCUT2D eigenvalue weighted by Crippen LogP contribution is -2.49. The van der Waals surface area contributed by atoms with E-state index >= 15 is 0 Å². The molecule has 0 heterocycles. The van der Waals surface area contributed by atoms with Crippen LogP contribution in [0, 0.1) is 17.3 Å². The highest BCUT2D eigenvalue weighted by Gasteiger charge is 2.41. The normalized spacial score (nSPS) is 28.8. The molecule has 1 fully saturated rings. The van der Waals surface area contributed by atoms with Crippen molar-refractivity contribution in [2.45, 2.75) is 46.1 Å². The molecule has 0 radical (unpaired) electrons. The van der Waals surface area contributed by atoms with Crippen molar-refractivity contribution in [1.29, 1.82) is 0 Å². The van der Waals surface area contributed by atoms with Crippen molar-refractivity contribution in [2.75, 3.05) is 20.1 Å². The highest BCUT2D eigenvalue weighted by atomic mass is 15.1. The van der Waals surface area contributed by atoms with Crippen LogP contribution in [0.2, 0.25) is 0 Å². The van der Waals surface area contributed by atoms with Crippen LogP contribution in [0.5, 0.6) is 0 Å². The summed E-state index contributed by atoms with van der Waals surface area (Å²) in [4.78, 5) is 2.50. The van der Waals surface area contributed by atoms with Gasteiger partial charge in [-0.25, -0.2) is 0 Å². The summed E-state index contributed by atoms with van der Waals surface area (Å²) in [6.07, 6.45) is 3.59. The fraction of sp³-hybridized carbons (Fsp3) is 0.684. The molecule has 2 rings (SSSR count). The van der Waals surface area contributed by atoms with Gasteiger partial charge < -0.3 is 10.6 Å². The Morgan fingerprint density at radius 1 is 1.19 bits per heavy atom. The maximum absolute atomic E-state index is 6.27. The van der Waals surface area contributed by atoms with Crippen molar-refractivity contribution in [2.24, 2.45) is 23.0 Å². The molecule has 0 aliphatic heterocycles. The molecule has 2 N–H and O–H groups in total. The van der Waals surface area contributed by atoms with Crippen molar-refractivity contribution in [3.63, 3.8) is 0 Å². The largest absolute Gasteiger partial charge is 0.327 e. The average molecular weight is 288 g/mol. The minimum atomic E-state index is 0.346. The Balaban J connectivity index is 1.86. The molecule has 1 aromatic carbocycles. The van der Waals surface area contributed by atoms with Gasteiger partial charge in [-0.05, 0) is 49.1 Å². The van der Waals surface area contributed by atoms with Gasteiger partial charge in [-0.15, -0.1) is 0 Å². The van der Waals surface area contributed by atoms with Gasteiger partial charge in [-0.2, -0.15) is 0 Å². The predicted molar refractivity (Wildman–Crippen MR) is 91.3 cm³/mol. The zero-order chi connectivity index (χ0) is 15.5. The van der Waals surface area contributed by atoms with E-state index in [-0.39, 0.29) is 0 Å². The molecule has 1 saturated carbocycles. The number of nitrogens with zero attached hydrogens (tertiary/aromatic N) is 1. The fourth-order valence-corrected chi connectivity index (χ4v) is 3.70. The second-order valence-electron chi connectivity index (χ2n) is 7.55. The van der Waals surface area contributed by atoms with Crippen molar-refractivity contribution in [3.8, 4) is 0 Å². The highest BCUT2D eigenvalue weighted by Crippen LogP contribution is 2.44. The molecule has 0 spiro atoms. The summed E-state index contributed by atoms with van der Waals surface area (Å²) >= 11 is 0. The van der Waals surface area contributed by atoms with E-state index in [1.165, 1.54) is 24.9 Å². The molecule has 2 heteroatoms. The Morgan fingerprint density at radius 3 is 2.52 bits per heavy atom. The van der Waals surface area contributed by atoms with E-state index < -0.39 is 0 Å². The van der Waals surface area contributed by atoms with Crippen LogP contribution in [-0.4, -0.2) is 31.1 Å². The lowest BCUT2D eigenvalue weighted by molar-refractivity contribution is 0.0340. The standard InChI is InChI=1S/C19H32N2/c1-15-18(20)11-10-17(19(15,2)3)14-21(4)13-12-16-8-6-5-7-9-16/h5-9,15,17-18H,10-14,20H2,1-4H3. The topological polar surface area (TPSA) is 29.3 Å². The summed E-state index contributed by atoms with van der Waals surface area (Å²) in [5, 5.41) is 0. The molecule has 21 heavy (non-hydrogen) atoms. The zero-order valence-corrected chi connectivity index (χ0v) is 14.2. The molecule has 1 aromatic rings. The molecule has 0 saturated heterocycles. The van der Waals surface area contributed by atoms with Gasteiger partial charge in [0, 0.05) is 19.1 Å². The quantitative estimate of drug-likeness (QED) is 0.897. The van der Waals surface area contributed by atoms with Crippen LogP contribution in [0.25, 0.3) is 0 Å². The smallest absolute Gasteiger partial charge is 0.00698 e. The number of hydrogen-bond donors (Lipinski definition) is 1. The van der Waals surface area contributed by atoms with Crippen LogP contribution >= 0.6 is 0 Å². The Morgan fingerprint density at radius 2 is 1.86 bits per heavy atom. The first-order valence-corrected chi connectivity index (χ1v) is 8.39. The number of nitrogens with two attached hydrogens (primary N) is 1. The molecule has 118 valence electrons. The first-order valence-electron chi connectivity index (χ1n) is 8.39. The van der Waals surface area contributed by atoms with E-state index in [9.17, 15) is 0 Å². The molecule has 3 atom stereocenters. The van der Waals surface area contributed by atoms with Gasteiger partial charge in [0.05, 0.1) is 0 Å². The third-order valence-electron chi connectivity index (χ3n) is 5.87. The minimum Gasteiger partial charge on any atom is -0.327 e. The second kappa shape index (κ2) is 6.93. The van der Waals surface area contributed by atoms with Crippen LogP contribution in [0.1, 0.15) is 39.2 Å². The summed E-state index contributed by atoms with van der Waals surface area (Å²) < 4.78 is 0. The third-order valence-corrected chi connectivity index (χ3v) is 5.87. The van der Waals surface area contributed by atoms with Gasteiger partial charge in [0.2, 0.25) is 0 Å². The third kappa shape index (κ3) is 4.08. The molecule has 0 amide bonds. The second-order valence-corrected chi connectivity index (χ2v) is 7.55. The summed E-state index contributed by atoms with van der Waals surface area (Å²) in [6.45, 7) is 9.48. The number of hydrogen-bond acceptors (Lipinski definition) is 2. The van der Waals surface area contributed by atoms with E-state index in [1.54, 1.807) is 0 Å². The zero-order valence-electron chi connectivity index (χ0n) is 14.2. The number of rotatable bonds is 5. The molecular formula is C19H32N2. The summed E-state index contributed by atoms with van der Waals surface area (Å²) in [6, 6.07) is 11.2. The van der Waals surface area contributed by atoms with Crippen molar-refractivity contribution < 1.29 is 0 Å². The van der Waals surface area contributed by atoms with Crippen LogP contribution < -0.4 is 5.73 Å². The molecule has 0 bridgehead atoms. The lowest BCUT2D eigenvalue weighted by Gasteiger charge is -2.48. The van der Waals surface area contributed by atoms with Gasteiger partial charge in [0.15, 0.2) is 0 Å². The molecule has 1 aliphatic carbocycles. The maximum atomic E-state index is 6.27. The first-order chi connectivity index (χ1) is 9.91. The van der Waals surface area contributed by atoms with Crippen LogP contribution in [-0.2, 0) is 6.42 Å². The van der Waals surface area contributed by atoms with Crippen LogP contribution in [0.4, 0.5) is 0 Å². The Kier molecular flexibility index (Phi) is 5.45.